The molecular weight excluding hydrogens is 376 g/mol. The van der Waals surface area contributed by atoms with Crippen molar-refractivity contribution in [1.82, 2.24) is 23.5 Å². The number of nitrogens with zero attached hydrogens (tertiary/aromatic N) is 6. The summed E-state index contributed by atoms with van der Waals surface area (Å²) in [5.74, 6) is 1.53. The SMILES string of the molecule is CC1CCCN(c2ncc(CN3CCN(S(=O)(=O)N4CCCC4)CC3)cn2)C1. The summed E-state index contributed by atoms with van der Waals surface area (Å²) in [6.07, 6.45) is 8.30. The molecule has 1 aromatic rings. The van der Waals surface area contributed by atoms with Gasteiger partial charge in [0.15, 0.2) is 0 Å². The zero-order chi connectivity index (χ0) is 19.6. The molecule has 156 valence electrons. The van der Waals surface area contributed by atoms with Gasteiger partial charge in [-0.2, -0.15) is 17.0 Å². The predicted molar refractivity (Wildman–Crippen MR) is 109 cm³/mol. The van der Waals surface area contributed by atoms with E-state index >= 15 is 0 Å². The molecule has 0 spiro atoms. The Balaban J connectivity index is 1.29. The van der Waals surface area contributed by atoms with Crippen molar-refractivity contribution in [2.24, 2.45) is 5.92 Å². The van der Waals surface area contributed by atoms with Crippen LogP contribution in [0.3, 0.4) is 0 Å². The Labute approximate surface area is 168 Å². The Morgan fingerprint density at radius 3 is 2.21 bits per heavy atom. The highest BCUT2D eigenvalue weighted by Gasteiger charge is 2.33. The lowest BCUT2D eigenvalue weighted by molar-refractivity contribution is 0.176. The summed E-state index contributed by atoms with van der Waals surface area (Å²) in [6, 6.07) is 0. The van der Waals surface area contributed by atoms with E-state index in [1.807, 2.05) is 12.4 Å². The Morgan fingerprint density at radius 1 is 0.929 bits per heavy atom. The van der Waals surface area contributed by atoms with Crippen molar-refractivity contribution in [2.45, 2.75) is 39.2 Å². The van der Waals surface area contributed by atoms with Gasteiger partial charge in [0.25, 0.3) is 10.2 Å². The van der Waals surface area contributed by atoms with Crippen LogP contribution in [0.4, 0.5) is 5.95 Å². The fourth-order valence-electron chi connectivity index (χ4n) is 4.42. The molecule has 8 nitrogen and oxygen atoms in total. The number of aromatic nitrogens is 2. The molecule has 1 aromatic heterocycles. The molecule has 3 aliphatic heterocycles. The van der Waals surface area contributed by atoms with Gasteiger partial charge in [-0.25, -0.2) is 9.97 Å². The zero-order valence-corrected chi connectivity index (χ0v) is 17.6. The van der Waals surface area contributed by atoms with Gasteiger partial charge in [-0.15, -0.1) is 0 Å². The summed E-state index contributed by atoms with van der Waals surface area (Å²) in [5.41, 5.74) is 1.09. The van der Waals surface area contributed by atoms with Crippen LogP contribution >= 0.6 is 0 Å². The molecule has 0 bridgehead atoms. The highest BCUT2D eigenvalue weighted by Crippen LogP contribution is 2.21. The molecule has 1 atom stereocenters. The third-order valence-electron chi connectivity index (χ3n) is 6.09. The smallest absolute Gasteiger partial charge is 0.282 e. The van der Waals surface area contributed by atoms with Crippen molar-refractivity contribution in [3.05, 3.63) is 18.0 Å². The maximum atomic E-state index is 12.7. The van der Waals surface area contributed by atoms with E-state index in [2.05, 4.69) is 26.7 Å². The summed E-state index contributed by atoms with van der Waals surface area (Å²) in [6.45, 7) is 9.08. The highest BCUT2D eigenvalue weighted by atomic mass is 32.2. The molecule has 3 fully saturated rings. The first-order valence-corrected chi connectivity index (χ1v) is 12.0. The monoisotopic (exact) mass is 408 g/mol. The second-order valence-corrected chi connectivity index (χ2v) is 10.3. The van der Waals surface area contributed by atoms with E-state index in [9.17, 15) is 8.42 Å². The lowest BCUT2D eigenvalue weighted by Crippen LogP contribution is -2.52. The summed E-state index contributed by atoms with van der Waals surface area (Å²) < 4.78 is 28.6. The van der Waals surface area contributed by atoms with Crippen LogP contribution in [0.15, 0.2) is 12.4 Å². The van der Waals surface area contributed by atoms with Gasteiger partial charge in [0, 0.05) is 76.9 Å². The number of hydrogen-bond acceptors (Lipinski definition) is 6. The maximum Gasteiger partial charge on any atom is 0.282 e. The van der Waals surface area contributed by atoms with Crippen molar-refractivity contribution >= 4 is 16.2 Å². The van der Waals surface area contributed by atoms with Gasteiger partial charge in [-0.3, -0.25) is 4.90 Å². The Hall–Kier alpha value is -1.29. The lowest BCUT2D eigenvalue weighted by atomic mass is 10.0. The second-order valence-electron chi connectivity index (χ2n) is 8.37. The molecule has 3 aliphatic rings. The molecular formula is C19H32N6O2S. The Kier molecular flexibility index (Phi) is 6.15. The van der Waals surface area contributed by atoms with Crippen LogP contribution in [0.2, 0.25) is 0 Å². The standard InChI is InChI=1S/C19H32N6O2S/c1-17-5-4-6-23(15-17)19-20-13-18(14-21-19)16-22-9-11-25(12-10-22)28(26,27)24-7-2-3-8-24/h13-14,17H,2-12,15-16H2,1H3. The van der Waals surface area contributed by atoms with Gasteiger partial charge in [0.2, 0.25) is 5.95 Å². The number of rotatable bonds is 5. The third kappa shape index (κ3) is 4.48. The minimum Gasteiger partial charge on any atom is -0.341 e. The van der Waals surface area contributed by atoms with Crippen molar-refractivity contribution in [1.29, 1.82) is 0 Å². The second kappa shape index (κ2) is 8.61. The molecule has 9 heteroatoms. The molecule has 0 saturated carbocycles. The summed E-state index contributed by atoms with van der Waals surface area (Å²) in [7, 11) is -3.27. The minimum atomic E-state index is -3.27. The average molecular weight is 409 g/mol. The van der Waals surface area contributed by atoms with Crippen LogP contribution in [-0.2, 0) is 16.8 Å². The van der Waals surface area contributed by atoms with Crippen LogP contribution in [0.5, 0.6) is 0 Å². The van der Waals surface area contributed by atoms with Crippen LogP contribution in [0.1, 0.15) is 38.2 Å². The van der Waals surface area contributed by atoms with Crippen molar-refractivity contribution in [2.75, 3.05) is 57.3 Å². The Morgan fingerprint density at radius 2 is 1.57 bits per heavy atom. The molecule has 4 heterocycles. The number of hydrogen-bond donors (Lipinski definition) is 0. The molecule has 0 aliphatic carbocycles. The van der Waals surface area contributed by atoms with E-state index in [0.29, 0.717) is 32.1 Å². The molecule has 4 rings (SSSR count). The van der Waals surface area contributed by atoms with Crippen molar-refractivity contribution < 1.29 is 8.42 Å². The fourth-order valence-corrected chi connectivity index (χ4v) is 6.09. The van der Waals surface area contributed by atoms with E-state index in [-0.39, 0.29) is 0 Å². The predicted octanol–water partition coefficient (Wildman–Crippen LogP) is 1.17. The van der Waals surface area contributed by atoms with Gasteiger partial charge >= 0.3 is 0 Å². The fraction of sp³-hybridized carbons (Fsp3) is 0.789. The zero-order valence-electron chi connectivity index (χ0n) is 16.8. The van der Waals surface area contributed by atoms with E-state index in [0.717, 1.165) is 57.1 Å². The Bertz CT molecular complexity index is 742. The first kappa shape index (κ1) is 20.0. The molecule has 0 amide bonds. The van der Waals surface area contributed by atoms with Gasteiger partial charge in [0.05, 0.1) is 0 Å². The first-order valence-electron chi connectivity index (χ1n) is 10.6. The van der Waals surface area contributed by atoms with E-state index in [1.54, 1.807) is 8.61 Å². The van der Waals surface area contributed by atoms with E-state index in [1.165, 1.54) is 12.8 Å². The molecule has 28 heavy (non-hydrogen) atoms. The lowest BCUT2D eigenvalue weighted by Gasteiger charge is -2.35. The third-order valence-corrected chi connectivity index (χ3v) is 8.12. The highest BCUT2D eigenvalue weighted by molar-refractivity contribution is 7.86. The molecule has 3 saturated heterocycles. The number of piperazine rings is 1. The van der Waals surface area contributed by atoms with Gasteiger partial charge < -0.3 is 4.90 Å². The van der Waals surface area contributed by atoms with Gasteiger partial charge in [-0.05, 0) is 31.6 Å². The van der Waals surface area contributed by atoms with Crippen LogP contribution in [0, 0.1) is 5.92 Å². The topological polar surface area (TPSA) is 72.9 Å². The van der Waals surface area contributed by atoms with Crippen LogP contribution < -0.4 is 4.90 Å². The quantitative estimate of drug-likeness (QED) is 0.728. The summed E-state index contributed by atoms with van der Waals surface area (Å²) in [5, 5.41) is 0. The minimum absolute atomic E-state index is 0.559. The normalized spacial score (nSPS) is 26.0. The molecule has 0 radical (unpaired) electrons. The van der Waals surface area contributed by atoms with Gasteiger partial charge in [0.1, 0.15) is 0 Å². The van der Waals surface area contributed by atoms with E-state index < -0.39 is 10.2 Å². The largest absolute Gasteiger partial charge is 0.341 e. The maximum absolute atomic E-state index is 12.7. The van der Waals surface area contributed by atoms with Crippen LogP contribution in [-0.4, -0.2) is 84.3 Å². The number of anilines is 1. The first-order chi connectivity index (χ1) is 13.5. The van der Waals surface area contributed by atoms with Crippen molar-refractivity contribution in [3.8, 4) is 0 Å². The molecule has 0 aromatic carbocycles. The molecule has 1 unspecified atom stereocenters. The van der Waals surface area contributed by atoms with E-state index in [4.69, 9.17) is 0 Å². The van der Waals surface area contributed by atoms with Gasteiger partial charge in [-0.1, -0.05) is 6.92 Å². The number of piperidine rings is 1. The van der Waals surface area contributed by atoms with Crippen molar-refractivity contribution in [3.63, 3.8) is 0 Å². The summed E-state index contributed by atoms with van der Waals surface area (Å²) >= 11 is 0. The van der Waals surface area contributed by atoms with Crippen LogP contribution in [0.25, 0.3) is 0 Å². The molecule has 0 N–H and O–H groups in total. The average Bonchev–Trinajstić information content (AvgIpc) is 3.25. The summed E-state index contributed by atoms with van der Waals surface area (Å²) in [4.78, 5) is 13.7.